The maximum Gasteiger partial charge on any atom is 0.128 e. The van der Waals surface area contributed by atoms with Crippen LogP contribution in [0.2, 0.25) is 0 Å². The molecule has 0 saturated carbocycles. The van der Waals surface area contributed by atoms with Crippen molar-refractivity contribution in [1.82, 2.24) is 4.98 Å². The number of ether oxygens (including phenoxy) is 1. The molecule has 0 bridgehead atoms. The fourth-order valence-corrected chi connectivity index (χ4v) is 2.12. The quantitative estimate of drug-likeness (QED) is 0.857. The number of pyridine rings is 1. The van der Waals surface area contributed by atoms with E-state index >= 15 is 0 Å². The summed E-state index contributed by atoms with van der Waals surface area (Å²) in [5.74, 6) is 1.05. The molecule has 1 aromatic heterocycles. The topological polar surface area (TPSA) is 45.6 Å². The third-order valence-electron chi connectivity index (χ3n) is 3.11. The first-order valence-electron chi connectivity index (χ1n) is 6.19. The molecule has 94 valence electrons. The number of rotatable bonds is 4. The molecule has 17 heavy (non-hydrogen) atoms. The standard InChI is InChI=1S/C13H20N2O2/c1-11-2-3-13(14-10-11)15-6-4-12(5-7-15)17-9-8-16/h2-3,10,12,16H,4-9H2,1H3. The Bertz CT molecular complexity index is 332. The molecule has 0 unspecified atom stereocenters. The van der Waals surface area contributed by atoms with Crippen molar-refractivity contribution in [2.75, 3.05) is 31.2 Å². The smallest absolute Gasteiger partial charge is 0.128 e. The summed E-state index contributed by atoms with van der Waals surface area (Å²) in [6.45, 7) is 4.57. The molecule has 0 radical (unpaired) electrons. The second kappa shape index (κ2) is 5.98. The molecule has 1 saturated heterocycles. The molecular formula is C13H20N2O2. The van der Waals surface area contributed by atoms with Crippen LogP contribution < -0.4 is 4.90 Å². The molecule has 1 aliphatic heterocycles. The summed E-state index contributed by atoms with van der Waals surface area (Å²) in [4.78, 5) is 6.72. The van der Waals surface area contributed by atoms with Crippen LogP contribution >= 0.6 is 0 Å². The summed E-state index contributed by atoms with van der Waals surface area (Å²) >= 11 is 0. The van der Waals surface area contributed by atoms with E-state index in [4.69, 9.17) is 9.84 Å². The number of hydrogen-bond acceptors (Lipinski definition) is 4. The molecule has 4 heteroatoms. The third-order valence-corrected chi connectivity index (χ3v) is 3.11. The molecule has 0 aromatic carbocycles. The molecular weight excluding hydrogens is 216 g/mol. The maximum atomic E-state index is 8.71. The normalized spacial score (nSPS) is 17.4. The molecule has 0 atom stereocenters. The molecule has 2 rings (SSSR count). The lowest BCUT2D eigenvalue weighted by Crippen LogP contribution is -2.37. The van der Waals surface area contributed by atoms with E-state index in [9.17, 15) is 0 Å². The van der Waals surface area contributed by atoms with Crippen LogP contribution in [-0.4, -0.2) is 42.5 Å². The highest BCUT2D eigenvalue weighted by atomic mass is 16.5. The van der Waals surface area contributed by atoms with Gasteiger partial charge >= 0.3 is 0 Å². The maximum absolute atomic E-state index is 8.71. The van der Waals surface area contributed by atoms with Crippen LogP contribution in [0.3, 0.4) is 0 Å². The molecule has 1 fully saturated rings. The summed E-state index contributed by atoms with van der Waals surface area (Å²) in [6, 6.07) is 4.17. The van der Waals surface area contributed by atoms with Crippen LogP contribution in [0, 0.1) is 6.92 Å². The second-order valence-corrected chi connectivity index (χ2v) is 4.47. The number of aryl methyl sites for hydroxylation is 1. The first-order valence-corrected chi connectivity index (χ1v) is 6.19. The first-order chi connectivity index (χ1) is 8.29. The van der Waals surface area contributed by atoms with Gasteiger partial charge in [-0.25, -0.2) is 4.98 Å². The Morgan fingerprint density at radius 2 is 2.18 bits per heavy atom. The summed E-state index contributed by atoms with van der Waals surface area (Å²) in [5.41, 5.74) is 1.19. The predicted octanol–water partition coefficient (Wildman–Crippen LogP) is 1.37. The zero-order chi connectivity index (χ0) is 12.1. The van der Waals surface area contributed by atoms with Crippen molar-refractivity contribution in [3.8, 4) is 0 Å². The summed E-state index contributed by atoms with van der Waals surface area (Å²) in [5, 5.41) is 8.71. The van der Waals surface area contributed by atoms with E-state index in [0.29, 0.717) is 12.7 Å². The van der Waals surface area contributed by atoms with Crippen LogP contribution in [0.4, 0.5) is 5.82 Å². The number of nitrogens with zero attached hydrogens (tertiary/aromatic N) is 2. The minimum absolute atomic E-state index is 0.111. The SMILES string of the molecule is Cc1ccc(N2CCC(OCCO)CC2)nc1. The monoisotopic (exact) mass is 236 g/mol. The van der Waals surface area contributed by atoms with Gasteiger partial charge < -0.3 is 14.7 Å². The predicted molar refractivity (Wildman–Crippen MR) is 67.2 cm³/mol. The van der Waals surface area contributed by atoms with Crippen molar-refractivity contribution in [3.63, 3.8) is 0 Å². The van der Waals surface area contributed by atoms with Crippen LogP contribution in [0.1, 0.15) is 18.4 Å². The van der Waals surface area contributed by atoms with E-state index in [1.54, 1.807) is 0 Å². The van der Waals surface area contributed by atoms with Crippen molar-refractivity contribution in [2.45, 2.75) is 25.9 Å². The average molecular weight is 236 g/mol. The number of aromatic nitrogens is 1. The Hall–Kier alpha value is -1.13. The van der Waals surface area contributed by atoms with Gasteiger partial charge in [0, 0.05) is 19.3 Å². The van der Waals surface area contributed by atoms with E-state index in [0.717, 1.165) is 31.7 Å². The minimum atomic E-state index is 0.111. The Balaban J connectivity index is 1.84. The summed E-state index contributed by atoms with van der Waals surface area (Å²) in [7, 11) is 0. The Labute approximate surface area is 102 Å². The molecule has 4 nitrogen and oxygen atoms in total. The number of anilines is 1. The third kappa shape index (κ3) is 3.41. The average Bonchev–Trinajstić information content (AvgIpc) is 2.38. The van der Waals surface area contributed by atoms with Crippen LogP contribution in [0.5, 0.6) is 0 Å². The lowest BCUT2D eigenvalue weighted by Gasteiger charge is -2.32. The van der Waals surface area contributed by atoms with Crippen molar-refractivity contribution in [1.29, 1.82) is 0 Å². The van der Waals surface area contributed by atoms with Gasteiger partial charge in [0.15, 0.2) is 0 Å². The van der Waals surface area contributed by atoms with Gasteiger partial charge in [-0.3, -0.25) is 0 Å². The van der Waals surface area contributed by atoms with Crippen molar-refractivity contribution >= 4 is 5.82 Å². The van der Waals surface area contributed by atoms with Gasteiger partial charge in [0.25, 0.3) is 0 Å². The zero-order valence-corrected chi connectivity index (χ0v) is 10.3. The Morgan fingerprint density at radius 1 is 1.41 bits per heavy atom. The fourth-order valence-electron chi connectivity index (χ4n) is 2.12. The van der Waals surface area contributed by atoms with Gasteiger partial charge in [0.1, 0.15) is 5.82 Å². The lowest BCUT2D eigenvalue weighted by molar-refractivity contribution is 0.0158. The van der Waals surface area contributed by atoms with Gasteiger partial charge in [-0.2, -0.15) is 0 Å². The van der Waals surface area contributed by atoms with Gasteiger partial charge in [-0.15, -0.1) is 0 Å². The van der Waals surface area contributed by atoms with Crippen molar-refractivity contribution in [2.24, 2.45) is 0 Å². The van der Waals surface area contributed by atoms with E-state index in [1.165, 1.54) is 5.56 Å². The molecule has 1 N–H and O–H groups in total. The van der Waals surface area contributed by atoms with Crippen molar-refractivity contribution in [3.05, 3.63) is 23.9 Å². The number of aliphatic hydroxyl groups is 1. The minimum Gasteiger partial charge on any atom is -0.394 e. The number of piperidine rings is 1. The fraction of sp³-hybridized carbons (Fsp3) is 0.615. The van der Waals surface area contributed by atoms with Crippen LogP contribution in [-0.2, 0) is 4.74 Å². The highest BCUT2D eigenvalue weighted by molar-refractivity contribution is 5.39. The zero-order valence-electron chi connectivity index (χ0n) is 10.3. The molecule has 2 heterocycles. The number of hydrogen-bond donors (Lipinski definition) is 1. The molecule has 0 amide bonds. The number of aliphatic hydroxyl groups excluding tert-OH is 1. The van der Waals surface area contributed by atoms with E-state index < -0.39 is 0 Å². The van der Waals surface area contributed by atoms with Gasteiger partial charge in [-0.1, -0.05) is 6.07 Å². The molecule has 0 spiro atoms. The first kappa shape index (κ1) is 12.3. The Kier molecular flexibility index (Phi) is 4.34. The van der Waals surface area contributed by atoms with E-state index in [1.807, 2.05) is 13.1 Å². The van der Waals surface area contributed by atoms with Gasteiger partial charge in [-0.05, 0) is 31.4 Å². The van der Waals surface area contributed by atoms with E-state index in [2.05, 4.69) is 22.0 Å². The Morgan fingerprint density at radius 3 is 2.76 bits per heavy atom. The highest BCUT2D eigenvalue weighted by Gasteiger charge is 2.20. The molecule has 1 aliphatic rings. The highest BCUT2D eigenvalue weighted by Crippen LogP contribution is 2.19. The lowest BCUT2D eigenvalue weighted by atomic mass is 10.1. The molecule has 0 aliphatic carbocycles. The summed E-state index contributed by atoms with van der Waals surface area (Å²) in [6.07, 6.45) is 4.22. The second-order valence-electron chi connectivity index (χ2n) is 4.47. The van der Waals surface area contributed by atoms with Gasteiger partial charge in [0.05, 0.1) is 19.3 Å². The molecule has 1 aromatic rings. The van der Waals surface area contributed by atoms with Crippen molar-refractivity contribution < 1.29 is 9.84 Å². The van der Waals surface area contributed by atoms with Crippen LogP contribution in [0.15, 0.2) is 18.3 Å². The van der Waals surface area contributed by atoms with Crippen LogP contribution in [0.25, 0.3) is 0 Å². The van der Waals surface area contributed by atoms with Gasteiger partial charge in [0.2, 0.25) is 0 Å². The summed E-state index contributed by atoms with van der Waals surface area (Å²) < 4.78 is 5.54. The largest absolute Gasteiger partial charge is 0.394 e. The van der Waals surface area contributed by atoms with E-state index in [-0.39, 0.29) is 6.61 Å².